The SMILES string of the molecule is CCOC(=O)CN(CC)C(=O)c1cc(Br)cn1C(C)C. The molecule has 20 heavy (non-hydrogen) atoms. The Morgan fingerprint density at radius 2 is 2.05 bits per heavy atom. The van der Waals surface area contributed by atoms with Crippen molar-refractivity contribution in [2.45, 2.75) is 33.7 Å². The highest BCUT2D eigenvalue weighted by Gasteiger charge is 2.22. The fourth-order valence-electron chi connectivity index (χ4n) is 1.90. The van der Waals surface area contributed by atoms with Crippen molar-refractivity contribution >= 4 is 27.8 Å². The molecule has 0 aliphatic heterocycles. The van der Waals surface area contributed by atoms with Gasteiger partial charge in [-0.1, -0.05) is 0 Å². The van der Waals surface area contributed by atoms with Crippen LogP contribution < -0.4 is 0 Å². The summed E-state index contributed by atoms with van der Waals surface area (Å²) < 4.78 is 7.63. The number of carbonyl (C=O) groups excluding carboxylic acids is 2. The minimum atomic E-state index is -0.385. The molecule has 1 heterocycles. The summed E-state index contributed by atoms with van der Waals surface area (Å²) in [5.74, 6) is -0.552. The summed E-state index contributed by atoms with van der Waals surface area (Å²) in [5, 5.41) is 0. The van der Waals surface area contributed by atoms with E-state index in [2.05, 4.69) is 15.9 Å². The molecular formula is C14H21BrN2O3. The van der Waals surface area contributed by atoms with Crippen LogP contribution in [0.3, 0.4) is 0 Å². The van der Waals surface area contributed by atoms with Crippen molar-refractivity contribution in [1.29, 1.82) is 0 Å². The van der Waals surface area contributed by atoms with E-state index in [-0.39, 0.29) is 24.5 Å². The molecule has 5 nitrogen and oxygen atoms in total. The lowest BCUT2D eigenvalue weighted by molar-refractivity contribution is -0.143. The lowest BCUT2D eigenvalue weighted by atomic mass is 10.3. The molecule has 0 aliphatic rings. The summed E-state index contributed by atoms with van der Waals surface area (Å²) in [6, 6.07) is 1.94. The molecule has 0 aromatic carbocycles. The van der Waals surface area contributed by atoms with Gasteiger partial charge in [-0.05, 0) is 49.7 Å². The molecular weight excluding hydrogens is 324 g/mol. The fraction of sp³-hybridized carbons (Fsp3) is 0.571. The molecule has 1 aromatic rings. The summed E-state index contributed by atoms with van der Waals surface area (Å²) in [6.45, 7) is 8.35. The van der Waals surface area contributed by atoms with Gasteiger partial charge in [0.1, 0.15) is 12.2 Å². The van der Waals surface area contributed by atoms with Crippen molar-refractivity contribution in [2.24, 2.45) is 0 Å². The molecule has 0 saturated carbocycles. The molecule has 0 atom stereocenters. The molecule has 1 rings (SSSR count). The number of hydrogen-bond donors (Lipinski definition) is 0. The van der Waals surface area contributed by atoms with Gasteiger partial charge in [-0.25, -0.2) is 0 Å². The van der Waals surface area contributed by atoms with Crippen LogP contribution in [-0.4, -0.2) is 41.0 Å². The number of likely N-dealkylation sites (N-methyl/N-ethyl adjacent to an activating group) is 1. The second-order valence-electron chi connectivity index (χ2n) is 4.67. The average molecular weight is 345 g/mol. The maximum atomic E-state index is 12.5. The highest BCUT2D eigenvalue weighted by molar-refractivity contribution is 9.10. The molecule has 0 unspecified atom stereocenters. The third-order valence-electron chi connectivity index (χ3n) is 2.88. The zero-order chi connectivity index (χ0) is 15.3. The van der Waals surface area contributed by atoms with E-state index < -0.39 is 0 Å². The predicted molar refractivity (Wildman–Crippen MR) is 80.7 cm³/mol. The van der Waals surface area contributed by atoms with E-state index >= 15 is 0 Å². The molecule has 1 amide bonds. The van der Waals surface area contributed by atoms with Crippen LogP contribution in [-0.2, 0) is 9.53 Å². The van der Waals surface area contributed by atoms with Crippen LogP contribution in [0, 0.1) is 0 Å². The van der Waals surface area contributed by atoms with E-state index in [1.165, 1.54) is 4.90 Å². The van der Waals surface area contributed by atoms with Crippen LogP contribution in [0.1, 0.15) is 44.2 Å². The van der Waals surface area contributed by atoms with Crippen LogP contribution in [0.15, 0.2) is 16.7 Å². The summed E-state index contributed by atoms with van der Waals surface area (Å²) in [7, 11) is 0. The molecule has 1 aromatic heterocycles. The van der Waals surface area contributed by atoms with Gasteiger partial charge in [0.15, 0.2) is 0 Å². The minimum absolute atomic E-state index is 0.0237. The Balaban J connectivity index is 2.94. The van der Waals surface area contributed by atoms with Gasteiger partial charge in [0.25, 0.3) is 5.91 Å². The van der Waals surface area contributed by atoms with Crippen LogP contribution in [0.5, 0.6) is 0 Å². The van der Waals surface area contributed by atoms with Gasteiger partial charge in [0, 0.05) is 23.3 Å². The Bertz CT molecular complexity index is 483. The lowest BCUT2D eigenvalue weighted by Gasteiger charge is -2.21. The predicted octanol–water partition coefficient (Wildman–Crippen LogP) is 2.86. The number of halogens is 1. The molecule has 112 valence electrons. The van der Waals surface area contributed by atoms with E-state index in [1.54, 1.807) is 13.0 Å². The van der Waals surface area contributed by atoms with Gasteiger partial charge >= 0.3 is 5.97 Å². The molecule has 0 radical (unpaired) electrons. The normalized spacial score (nSPS) is 10.7. The third-order valence-corrected chi connectivity index (χ3v) is 3.32. The number of carbonyl (C=O) groups is 2. The van der Waals surface area contributed by atoms with Crippen molar-refractivity contribution < 1.29 is 14.3 Å². The Morgan fingerprint density at radius 3 is 2.55 bits per heavy atom. The molecule has 0 N–H and O–H groups in total. The number of ether oxygens (including phenoxy) is 1. The van der Waals surface area contributed by atoms with E-state index in [4.69, 9.17) is 4.74 Å². The highest BCUT2D eigenvalue weighted by Crippen LogP contribution is 2.20. The molecule has 0 spiro atoms. The van der Waals surface area contributed by atoms with Gasteiger partial charge in [0.2, 0.25) is 0 Å². The van der Waals surface area contributed by atoms with Gasteiger partial charge in [-0.15, -0.1) is 0 Å². The van der Waals surface area contributed by atoms with E-state index in [0.717, 1.165) is 4.47 Å². The lowest BCUT2D eigenvalue weighted by Crippen LogP contribution is -2.37. The fourth-order valence-corrected chi connectivity index (χ4v) is 2.33. The van der Waals surface area contributed by atoms with E-state index in [9.17, 15) is 9.59 Å². The van der Waals surface area contributed by atoms with Crippen LogP contribution >= 0.6 is 15.9 Å². The van der Waals surface area contributed by atoms with Crippen LogP contribution in [0.4, 0.5) is 0 Å². The molecule has 0 bridgehead atoms. The highest BCUT2D eigenvalue weighted by atomic mass is 79.9. The van der Waals surface area contributed by atoms with Crippen molar-refractivity contribution in [3.8, 4) is 0 Å². The van der Waals surface area contributed by atoms with Crippen molar-refractivity contribution in [1.82, 2.24) is 9.47 Å². The van der Waals surface area contributed by atoms with Gasteiger partial charge in [-0.2, -0.15) is 0 Å². The van der Waals surface area contributed by atoms with Crippen LogP contribution in [0.25, 0.3) is 0 Å². The number of aromatic nitrogens is 1. The van der Waals surface area contributed by atoms with Crippen molar-refractivity contribution in [3.05, 3.63) is 22.4 Å². The molecule has 0 saturated heterocycles. The van der Waals surface area contributed by atoms with Crippen molar-refractivity contribution in [3.63, 3.8) is 0 Å². The van der Waals surface area contributed by atoms with Gasteiger partial charge in [0.05, 0.1) is 6.61 Å². The zero-order valence-corrected chi connectivity index (χ0v) is 13.9. The van der Waals surface area contributed by atoms with E-state index in [1.807, 2.05) is 31.5 Å². The van der Waals surface area contributed by atoms with Gasteiger partial charge in [-0.3, -0.25) is 9.59 Å². The van der Waals surface area contributed by atoms with Crippen LogP contribution in [0.2, 0.25) is 0 Å². The average Bonchev–Trinajstić information content (AvgIpc) is 2.78. The first-order valence-corrected chi connectivity index (χ1v) is 7.52. The maximum Gasteiger partial charge on any atom is 0.325 e. The number of amides is 1. The van der Waals surface area contributed by atoms with Crippen molar-refractivity contribution in [2.75, 3.05) is 19.7 Å². The monoisotopic (exact) mass is 344 g/mol. The minimum Gasteiger partial charge on any atom is -0.465 e. The Labute approximate surface area is 128 Å². The summed E-state index contributed by atoms with van der Waals surface area (Å²) >= 11 is 3.38. The number of rotatable bonds is 6. The zero-order valence-electron chi connectivity index (χ0n) is 12.4. The summed E-state index contributed by atoms with van der Waals surface area (Å²) in [4.78, 5) is 25.6. The smallest absolute Gasteiger partial charge is 0.325 e. The molecule has 0 fully saturated rings. The summed E-state index contributed by atoms with van der Waals surface area (Å²) in [6.07, 6.45) is 1.87. The Hall–Kier alpha value is -1.30. The second kappa shape index (κ2) is 7.47. The molecule has 0 aliphatic carbocycles. The first-order valence-electron chi connectivity index (χ1n) is 6.72. The van der Waals surface area contributed by atoms with Gasteiger partial charge < -0.3 is 14.2 Å². The number of nitrogens with zero attached hydrogens (tertiary/aromatic N) is 2. The Morgan fingerprint density at radius 1 is 1.40 bits per heavy atom. The first kappa shape index (κ1) is 16.8. The van der Waals surface area contributed by atoms with E-state index in [0.29, 0.717) is 18.8 Å². The standard InChI is InChI=1S/C14H21BrN2O3/c1-5-16(9-13(18)20-6-2)14(19)12-7-11(15)8-17(12)10(3)4/h7-8,10H,5-6,9H2,1-4H3. The largest absolute Gasteiger partial charge is 0.465 e. The maximum absolute atomic E-state index is 12.5. The third kappa shape index (κ3) is 4.10. The number of hydrogen-bond acceptors (Lipinski definition) is 3. The summed E-state index contributed by atoms with van der Waals surface area (Å²) in [5.41, 5.74) is 0.568. The number of esters is 1. The quantitative estimate of drug-likeness (QED) is 0.745. The Kier molecular flexibility index (Phi) is 6.26. The molecule has 6 heteroatoms. The topological polar surface area (TPSA) is 51.5 Å². The first-order chi connectivity index (χ1) is 9.40. The second-order valence-corrected chi connectivity index (χ2v) is 5.58.